The first-order chi connectivity index (χ1) is 4.00. The average Bonchev–Trinajstić information content (AvgIpc) is 1.12. The maximum absolute atomic E-state index is 10.2. The summed E-state index contributed by atoms with van der Waals surface area (Å²) in [7, 11) is -10.0. The maximum Gasteiger partial charge on any atom is 1.00 e. The van der Waals surface area contributed by atoms with Gasteiger partial charge in [0.2, 0.25) is 0 Å². The molecule has 1 atom stereocenters. The Hall–Kier alpha value is 0.787. The van der Waals surface area contributed by atoms with Gasteiger partial charge in [-0.2, -0.15) is 4.20 Å². The number of hydrogen-bond donors (Lipinski definition) is 4. The molecule has 0 aliphatic rings. The zero-order chi connectivity index (χ0) is 9.00. The molecular weight excluding hydrogens is 200 g/mol. The monoisotopic (exact) mass is 204 g/mol. The van der Waals surface area contributed by atoms with Crippen LogP contribution in [0.3, 0.4) is 0 Å². The van der Waals surface area contributed by atoms with Crippen molar-refractivity contribution in [2.45, 2.75) is 0 Å². The van der Waals surface area contributed by atoms with E-state index in [0.717, 1.165) is 0 Å². The molecule has 0 aliphatic carbocycles. The van der Waals surface area contributed by atoms with Crippen LogP contribution in [0.4, 0.5) is 4.20 Å². The third-order valence-corrected chi connectivity index (χ3v) is 0. The van der Waals surface area contributed by atoms with Crippen molar-refractivity contribution in [1.82, 2.24) is 0 Å². The molecular formula is H4FLiO7P2. The molecule has 64 valence electrons. The molecule has 0 bridgehead atoms. The number of hydrogen-bond acceptors (Lipinski definition) is 3. The molecule has 0 rings (SSSR count). The minimum atomic E-state index is -5.39. The van der Waals surface area contributed by atoms with Gasteiger partial charge in [0.25, 0.3) is 0 Å². The fourth-order valence-corrected chi connectivity index (χ4v) is 0. The summed E-state index contributed by atoms with van der Waals surface area (Å²) in [6.07, 6.45) is 0. The Labute approximate surface area is 72.9 Å². The second kappa shape index (κ2) is 6.32. The van der Waals surface area contributed by atoms with Crippen LogP contribution in [0.2, 0.25) is 0 Å². The van der Waals surface area contributed by atoms with Crippen LogP contribution < -0.4 is 23.8 Å². The predicted octanol–water partition coefficient (Wildman–Crippen LogP) is -4.51. The van der Waals surface area contributed by atoms with Crippen LogP contribution in [-0.2, 0) is 9.13 Å². The van der Waals surface area contributed by atoms with E-state index in [2.05, 4.69) is 0 Å². The minimum Gasteiger partial charge on any atom is -0.753 e. The standard InChI is InChI=1S/FH2O3P.Li.H3O4P/c1-5(2,3)4;;1-5(2,3)4/h(H2,2,3,4);;(H3,1,2,3,4)/q;+1;/p-1. The molecule has 0 aromatic carbocycles. The fourth-order valence-electron chi connectivity index (χ4n) is 0. The van der Waals surface area contributed by atoms with E-state index < -0.39 is 15.7 Å². The Morgan fingerprint density at radius 2 is 1.09 bits per heavy atom. The molecule has 0 amide bonds. The van der Waals surface area contributed by atoms with E-state index in [9.17, 15) is 4.20 Å². The largest absolute Gasteiger partial charge is 1.00 e. The first-order valence-electron chi connectivity index (χ1n) is 1.52. The van der Waals surface area contributed by atoms with E-state index >= 15 is 0 Å². The van der Waals surface area contributed by atoms with E-state index in [-0.39, 0.29) is 18.9 Å². The molecule has 0 aromatic heterocycles. The third kappa shape index (κ3) is 1340. The summed E-state index contributed by atoms with van der Waals surface area (Å²) in [5.74, 6) is 0. The zero-order valence-electron chi connectivity index (χ0n) is 5.29. The number of phosphoric acid groups is 1. The van der Waals surface area contributed by atoms with Gasteiger partial charge < -0.3 is 24.5 Å². The van der Waals surface area contributed by atoms with Crippen LogP contribution >= 0.6 is 15.7 Å². The van der Waals surface area contributed by atoms with Gasteiger partial charge in [-0.25, -0.2) is 4.57 Å². The SMILES string of the molecule is O=P(O)(O)O.O=P([O-])(O)F.[Li+]. The Balaban J connectivity index is -0.000000107. The van der Waals surface area contributed by atoms with Crippen molar-refractivity contribution in [2.24, 2.45) is 0 Å². The van der Waals surface area contributed by atoms with Crippen molar-refractivity contribution in [2.75, 3.05) is 0 Å². The predicted molar refractivity (Wildman–Crippen MR) is 25.2 cm³/mol. The van der Waals surface area contributed by atoms with Gasteiger partial charge in [0, 0.05) is 0 Å². The van der Waals surface area contributed by atoms with Crippen LogP contribution in [0, 0.1) is 0 Å². The third-order valence-electron chi connectivity index (χ3n) is 0. The van der Waals surface area contributed by atoms with Crippen molar-refractivity contribution < 1.29 is 56.7 Å². The molecule has 4 N–H and O–H groups in total. The molecule has 0 fully saturated rings. The zero-order valence-corrected chi connectivity index (χ0v) is 7.07. The van der Waals surface area contributed by atoms with E-state index in [1.165, 1.54) is 0 Å². The summed E-state index contributed by atoms with van der Waals surface area (Å²) in [5, 5.41) is 0. The van der Waals surface area contributed by atoms with Gasteiger partial charge in [-0.15, -0.1) is 0 Å². The van der Waals surface area contributed by atoms with E-state index in [1.807, 2.05) is 0 Å². The van der Waals surface area contributed by atoms with Gasteiger partial charge in [-0.1, -0.05) is 0 Å². The first kappa shape index (κ1) is 17.8. The molecule has 11 heteroatoms. The summed E-state index contributed by atoms with van der Waals surface area (Å²) in [6, 6.07) is 0. The van der Waals surface area contributed by atoms with E-state index in [0.29, 0.717) is 0 Å². The van der Waals surface area contributed by atoms with Gasteiger partial charge in [-0.05, 0) is 0 Å². The van der Waals surface area contributed by atoms with Crippen molar-refractivity contribution in [3.63, 3.8) is 0 Å². The van der Waals surface area contributed by atoms with Crippen molar-refractivity contribution >= 4 is 15.7 Å². The second-order valence-corrected chi connectivity index (χ2v) is 2.89. The van der Waals surface area contributed by atoms with Crippen LogP contribution in [0.1, 0.15) is 0 Å². The molecule has 0 saturated heterocycles. The van der Waals surface area contributed by atoms with Crippen LogP contribution in [0.5, 0.6) is 0 Å². The van der Waals surface area contributed by atoms with E-state index in [1.54, 1.807) is 0 Å². The van der Waals surface area contributed by atoms with Gasteiger partial charge in [-0.3, -0.25) is 4.57 Å². The molecule has 0 radical (unpaired) electrons. The van der Waals surface area contributed by atoms with Crippen molar-refractivity contribution in [1.29, 1.82) is 0 Å². The number of halogens is 1. The summed E-state index contributed by atoms with van der Waals surface area (Å²) >= 11 is 0. The Bertz CT molecular complexity index is 129. The topological polar surface area (TPSA) is 138 Å². The van der Waals surface area contributed by atoms with Gasteiger partial charge >= 0.3 is 34.6 Å². The molecule has 0 saturated carbocycles. The smallest absolute Gasteiger partial charge is 0.753 e. The summed E-state index contributed by atoms with van der Waals surface area (Å²) in [4.78, 5) is 37.0. The van der Waals surface area contributed by atoms with Gasteiger partial charge in [0.15, 0.2) is 0 Å². The van der Waals surface area contributed by atoms with Crippen LogP contribution in [0.15, 0.2) is 0 Å². The van der Waals surface area contributed by atoms with Crippen molar-refractivity contribution in [3.8, 4) is 0 Å². The van der Waals surface area contributed by atoms with Crippen LogP contribution in [0.25, 0.3) is 0 Å². The molecule has 7 nitrogen and oxygen atoms in total. The fraction of sp³-hybridized carbons (Fsp3) is 0. The second-order valence-electron chi connectivity index (χ2n) is 0.965. The Kier molecular flexibility index (Phi) is 10.2. The Morgan fingerprint density at radius 1 is 1.09 bits per heavy atom. The summed E-state index contributed by atoms with van der Waals surface area (Å²) in [6.45, 7) is 0. The minimum absolute atomic E-state index is 0. The quantitative estimate of drug-likeness (QED) is 0.230. The summed E-state index contributed by atoms with van der Waals surface area (Å²) < 4.78 is 27.7. The Morgan fingerprint density at radius 3 is 1.09 bits per heavy atom. The maximum atomic E-state index is 10.2. The first-order valence-corrected chi connectivity index (χ1v) is 4.55. The molecule has 11 heavy (non-hydrogen) atoms. The summed E-state index contributed by atoms with van der Waals surface area (Å²) in [5.41, 5.74) is 0. The van der Waals surface area contributed by atoms with Crippen molar-refractivity contribution in [3.05, 3.63) is 0 Å². The molecule has 0 aromatic rings. The van der Waals surface area contributed by atoms with Gasteiger partial charge in [0.1, 0.15) is 0 Å². The molecule has 0 aliphatic heterocycles. The average molecular weight is 204 g/mol. The van der Waals surface area contributed by atoms with E-state index in [4.69, 9.17) is 33.6 Å². The normalized spacial score (nSPS) is 15.1. The molecule has 0 spiro atoms. The van der Waals surface area contributed by atoms with Crippen LogP contribution in [-0.4, -0.2) is 19.6 Å². The molecule has 0 heterocycles. The van der Waals surface area contributed by atoms with Gasteiger partial charge in [0.05, 0.1) is 0 Å². The molecule has 1 unspecified atom stereocenters. The number of rotatable bonds is 0.